The van der Waals surface area contributed by atoms with Crippen LogP contribution in [0.25, 0.3) is 0 Å². The summed E-state index contributed by atoms with van der Waals surface area (Å²) in [7, 11) is 0. The molecular weight excluding hydrogens is 208 g/mol. The standard InChI is InChI=1S/C11H14N2OS/c12-10(14)9-6-3-7-13(11(9)15)8-4-1-2-5-8/h3,6-8H,1-2,4-5H2,(H2,12,14). The third kappa shape index (κ3) is 1.95. The minimum absolute atomic E-state index is 0.438. The van der Waals surface area contributed by atoms with Crippen molar-refractivity contribution < 1.29 is 4.79 Å². The largest absolute Gasteiger partial charge is 0.366 e. The highest BCUT2D eigenvalue weighted by Crippen LogP contribution is 2.29. The molecule has 15 heavy (non-hydrogen) atoms. The molecule has 2 N–H and O–H groups in total. The summed E-state index contributed by atoms with van der Waals surface area (Å²) >= 11 is 5.27. The highest BCUT2D eigenvalue weighted by molar-refractivity contribution is 7.71. The van der Waals surface area contributed by atoms with Crippen molar-refractivity contribution in [2.75, 3.05) is 0 Å². The normalized spacial score (nSPS) is 16.8. The van der Waals surface area contributed by atoms with Gasteiger partial charge in [-0.1, -0.05) is 25.1 Å². The average molecular weight is 222 g/mol. The van der Waals surface area contributed by atoms with E-state index in [9.17, 15) is 4.79 Å². The highest BCUT2D eigenvalue weighted by Gasteiger charge is 2.17. The molecule has 1 aliphatic rings. The van der Waals surface area contributed by atoms with E-state index >= 15 is 0 Å². The fraction of sp³-hybridized carbons (Fsp3) is 0.455. The Labute approximate surface area is 93.9 Å². The Morgan fingerprint density at radius 2 is 2.13 bits per heavy atom. The summed E-state index contributed by atoms with van der Waals surface area (Å²) in [4.78, 5) is 11.1. The molecular formula is C11H14N2OS. The predicted molar refractivity (Wildman–Crippen MR) is 61.3 cm³/mol. The van der Waals surface area contributed by atoms with Gasteiger partial charge in [-0.05, 0) is 25.0 Å². The summed E-state index contributed by atoms with van der Waals surface area (Å²) in [5, 5.41) is 0. The monoisotopic (exact) mass is 222 g/mol. The van der Waals surface area contributed by atoms with Crippen molar-refractivity contribution in [2.45, 2.75) is 31.7 Å². The lowest BCUT2D eigenvalue weighted by Crippen LogP contribution is -2.16. The van der Waals surface area contributed by atoms with Gasteiger partial charge in [0.25, 0.3) is 5.91 Å². The average Bonchev–Trinajstić information content (AvgIpc) is 2.70. The van der Waals surface area contributed by atoms with Gasteiger partial charge in [0.2, 0.25) is 0 Å². The molecule has 0 spiro atoms. The molecule has 80 valence electrons. The van der Waals surface area contributed by atoms with Gasteiger partial charge in [-0.2, -0.15) is 0 Å². The summed E-state index contributed by atoms with van der Waals surface area (Å²) in [5.41, 5.74) is 5.72. The minimum Gasteiger partial charge on any atom is -0.366 e. The lowest BCUT2D eigenvalue weighted by Gasteiger charge is -2.15. The molecule has 2 rings (SSSR count). The number of hydrogen-bond donors (Lipinski definition) is 1. The van der Waals surface area contributed by atoms with Crippen molar-refractivity contribution in [1.29, 1.82) is 0 Å². The molecule has 1 saturated carbocycles. The zero-order valence-electron chi connectivity index (χ0n) is 8.48. The highest BCUT2D eigenvalue weighted by atomic mass is 32.1. The van der Waals surface area contributed by atoms with Crippen LogP contribution < -0.4 is 5.73 Å². The predicted octanol–water partition coefficient (Wildman–Crippen LogP) is 2.43. The van der Waals surface area contributed by atoms with Crippen molar-refractivity contribution >= 4 is 18.1 Å². The third-order valence-corrected chi connectivity index (χ3v) is 3.39. The van der Waals surface area contributed by atoms with Crippen LogP contribution in [0.4, 0.5) is 0 Å². The van der Waals surface area contributed by atoms with Crippen LogP contribution in [0.2, 0.25) is 0 Å². The first-order valence-corrected chi connectivity index (χ1v) is 5.62. The van der Waals surface area contributed by atoms with Crippen molar-refractivity contribution in [3.8, 4) is 0 Å². The van der Waals surface area contributed by atoms with E-state index in [2.05, 4.69) is 0 Å². The van der Waals surface area contributed by atoms with Crippen LogP contribution in [-0.2, 0) is 0 Å². The smallest absolute Gasteiger partial charge is 0.251 e. The number of carbonyl (C=O) groups excluding carboxylic acids is 1. The van der Waals surface area contributed by atoms with Crippen LogP contribution in [-0.4, -0.2) is 10.5 Å². The van der Waals surface area contributed by atoms with Gasteiger partial charge in [0, 0.05) is 12.2 Å². The van der Waals surface area contributed by atoms with Gasteiger partial charge in [-0.15, -0.1) is 0 Å². The zero-order valence-corrected chi connectivity index (χ0v) is 9.30. The van der Waals surface area contributed by atoms with E-state index in [0.29, 0.717) is 16.2 Å². The summed E-state index contributed by atoms with van der Waals surface area (Å²) in [6, 6.07) is 3.99. The molecule has 4 heteroatoms. The maximum absolute atomic E-state index is 11.1. The molecule has 0 unspecified atom stereocenters. The lowest BCUT2D eigenvalue weighted by molar-refractivity contribution is 0.0999. The molecule has 0 saturated heterocycles. The summed E-state index contributed by atoms with van der Waals surface area (Å²) in [5.74, 6) is -0.438. The Balaban J connectivity index is 2.44. The van der Waals surface area contributed by atoms with Gasteiger partial charge in [-0.3, -0.25) is 4.79 Å². The van der Waals surface area contributed by atoms with Gasteiger partial charge < -0.3 is 10.3 Å². The number of nitrogens with two attached hydrogens (primary N) is 1. The molecule has 3 nitrogen and oxygen atoms in total. The Morgan fingerprint density at radius 1 is 1.47 bits per heavy atom. The van der Waals surface area contributed by atoms with Crippen LogP contribution in [0.5, 0.6) is 0 Å². The van der Waals surface area contributed by atoms with E-state index in [0.717, 1.165) is 12.8 Å². The second-order valence-corrected chi connectivity index (χ2v) is 4.32. The van der Waals surface area contributed by atoms with Gasteiger partial charge in [-0.25, -0.2) is 0 Å². The first-order chi connectivity index (χ1) is 7.20. The summed E-state index contributed by atoms with van der Waals surface area (Å²) < 4.78 is 2.60. The molecule has 1 amide bonds. The molecule has 0 atom stereocenters. The second-order valence-electron chi connectivity index (χ2n) is 3.94. The zero-order chi connectivity index (χ0) is 10.8. The first-order valence-electron chi connectivity index (χ1n) is 5.21. The van der Waals surface area contributed by atoms with E-state index in [1.54, 1.807) is 6.07 Å². The Hall–Kier alpha value is -1.16. The third-order valence-electron chi connectivity index (χ3n) is 2.96. The van der Waals surface area contributed by atoms with Crippen LogP contribution in [0.3, 0.4) is 0 Å². The van der Waals surface area contributed by atoms with E-state index in [4.69, 9.17) is 18.0 Å². The minimum atomic E-state index is -0.438. The Kier molecular flexibility index (Phi) is 2.86. The molecule has 1 heterocycles. The quantitative estimate of drug-likeness (QED) is 0.781. The Morgan fingerprint density at radius 3 is 2.73 bits per heavy atom. The van der Waals surface area contributed by atoms with Gasteiger partial charge in [0.05, 0.1) is 5.56 Å². The molecule has 0 aliphatic heterocycles. The number of nitrogens with zero attached hydrogens (tertiary/aromatic N) is 1. The number of pyridine rings is 1. The number of carbonyl (C=O) groups is 1. The number of amides is 1. The molecule has 1 aromatic rings. The molecule has 1 fully saturated rings. The van der Waals surface area contributed by atoms with Gasteiger partial charge >= 0.3 is 0 Å². The van der Waals surface area contributed by atoms with Crippen LogP contribution in [0.1, 0.15) is 42.1 Å². The molecule has 0 aromatic carbocycles. The number of rotatable bonds is 2. The Bertz CT molecular complexity index is 432. The lowest BCUT2D eigenvalue weighted by atomic mass is 10.2. The van der Waals surface area contributed by atoms with Crippen molar-refractivity contribution in [3.05, 3.63) is 28.5 Å². The van der Waals surface area contributed by atoms with Crippen molar-refractivity contribution in [1.82, 2.24) is 4.57 Å². The fourth-order valence-electron chi connectivity index (χ4n) is 2.17. The SMILES string of the molecule is NC(=O)c1cccn(C2CCCC2)c1=S. The molecule has 1 aliphatic carbocycles. The van der Waals surface area contributed by atoms with E-state index in [1.807, 2.05) is 16.8 Å². The molecule has 0 bridgehead atoms. The first kappa shape index (κ1) is 10.4. The topological polar surface area (TPSA) is 48.0 Å². The number of aromatic nitrogens is 1. The summed E-state index contributed by atoms with van der Waals surface area (Å²) in [6.07, 6.45) is 6.73. The van der Waals surface area contributed by atoms with Crippen LogP contribution in [0.15, 0.2) is 18.3 Å². The van der Waals surface area contributed by atoms with E-state index in [1.165, 1.54) is 12.8 Å². The number of primary amides is 1. The molecule has 0 radical (unpaired) electrons. The fourth-order valence-corrected chi connectivity index (χ4v) is 2.55. The van der Waals surface area contributed by atoms with Crippen LogP contribution in [0, 0.1) is 4.64 Å². The van der Waals surface area contributed by atoms with E-state index < -0.39 is 5.91 Å². The van der Waals surface area contributed by atoms with Crippen molar-refractivity contribution in [2.24, 2.45) is 5.73 Å². The maximum atomic E-state index is 11.1. The van der Waals surface area contributed by atoms with Crippen LogP contribution >= 0.6 is 12.2 Å². The second kappa shape index (κ2) is 4.14. The van der Waals surface area contributed by atoms with Crippen molar-refractivity contribution in [3.63, 3.8) is 0 Å². The maximum Gasteiger partial charge on any atom is 0.251 e. The van der Waals surface area contributed by atoms with Gasteiger partial charge in [0.1, 0.15) is 4.64 Å². The van der Waals surface area contributed by atoms with E-state index in [-0.39, 0.29) is 0 Å². The summed E-state index contributed by atoms with van der Waals surface area (Å²) in [6.45, 7) is 0. The number of hydrogen-bond acceptors (Lipinski definition) is 2. The molecule has 1 aromatic heterocycles. The van der Waals surface area contributed by atoms with Gasteiger partial charge in [0.15, 0.2) is 0 Å².